The van der Waals surface area contributed by atoms with Crippen LogP contribution >= 0.6 is 0 Å². The molecule has 0 aromatic heterocycles. The van der Waals surface area contributed by atoms with Crippen molar-refractivity contribution in [1.29, 1.82) is 0 Å². The molecule has 1 aromatic carbocycles. The molecule has 80 valence electrons. The third kappa shape index (κ3) is 3.65. The lowest BCUT2D eigenvalue weighted by Crippen LogP contribution is -2.02. The molecule has 0 heterocycles. The highest BCUT2D eigenvalue weighted by molar-refractivity contribution is 5.57. The summed E-state index contributed by atoms with van der Waals surface area (Å²) in [5.41, 5.74) is 3.69. The van der Waals surface area contributed by atoms with Crippen LogP contribution in [0.1, 0.15) is 11.1 Å². The molecule has 0 aliphatic heterocycles. The number of ether oxygens (including phenoxy) is 1. The molecule has 0 spiro atoms. The topological polar surface area (TPSA) is 21.3 Å². The van der Waals surface area contributed by atoms with Crippen LogP contribution in [0.25, 0.3) is 0 Å². The van der Waals surface area contributed by atoms with E-state index in [0.717, 1.165) is 0 Å². The molecule has 0 atom stereocenters. The van der Waals surface area contributed by atoms with E-state index < -0.39 is 0 Å². The summed E-state index contributed by atoms with van der Waals surface area (Å²) in [6.45, 7) is 5.35. The van der Waals surface area contributed by atoms with E-state index in [-0.39, 0.29) is 0 Å². The lowest BCUT2D eigenvalue weighted by Gasteiger charge is -2.09. The molecule has 2 heteroatoms. The monoisotopic (exact) mass is 203 g/mol. The minimum atomic E-state index is 0.494. The van der Waals surface area contributed by atoms with E-state index in [2.05, 4.69) is 49.2 Å². The summed E-state index contributed by atoms with van der Waals surface area (Å²) < 4.78 is 4.84. The predicted octanol–water partition coefficient (Wildman–Crippen LogP) is 2.37. The summed E-state index contributed by atoms with van der Waals surface area (Å²) >= 11 is 0. The molecule has 0 saturated carbocycles. The molecular weight excluding hydrogens is 186 g/mol. The van der Waals surface area contributed by atoms with Crippen molar-refractivity contribution in [3.05, 3.63) is 29.3 Å². The van der Waals surface area contributed by atoms with Gasteiger partial charge < -0.3 is 10.1 Å². The Morgan fingerprint density at radius 3 is 2.47 bits per heavy atom. The lowest BCUT2D eigenvalue weighted by molar-refractivity contribution is 0.239. The highest BCUT2D eigenvalue weighted by Gasteiger charge is 1.98. The molecular formula is C13H17NO. The summed E-state index contributed by atoms with van der Waals surface area (Å²) in [7, 11) is 1.65. The Morgan fingerprint density at radius 1 is 1.20 bits per heavy atom. The third-order valence-electron chi connectivity index (χ3n) is 2.18. The zero-order chi connectivity index (χ0) is 11.1. The average molecular weight is 203 g/mol. The summed E-state index contributed by atoms with van der Waals surface area (Å²) in [5, 5.41) is 3.31. The number of rotatable bonds is 3. The molecule has 0 bridgehead atoms. The molecule has 0 unspecified atom stereocenters. The molecule has 0 radical (unpaired) electrons. The predicted molar refractivity (Wildman–Crippen MR) is 64.1 cm³/mol. The highest BCUT2D eigenvalue weighted by Crippen LogP contribution is 2.18. The fourth-order valence-corrected chi connectivity index (χ4v) is 1.41. The molecule has 1 N–H and O–H groups in total. The number of aryl methyl sites for hydroxylation is 2. The molecule has 0 amide bonds. The van der Waals surface area contributed by atoms with Crippen LogP contribution < -0.4 is 5.32 Å². The first-order chi connectivity index (χ1) is 7.25. The molecule has 0 saturated heterocycles. The maximum Gasteiger partial charge on any atom is 0.107 e. The van der Waals surface area contributed by atoms with E-state index in [1.165, 1.54) is 16.8 Å². The van der Waals surface area contributed by atoms with Crippen molar-refractivity contribution in [3.63, 3.8) is 0 Å². The Labute approximate surface area is 91.6 Å². The number of nitrogens with one attached hydrogen (secondary N) is 1. The standard InChI is InChI=1S/C13H17NO/c1-11-7-6-8-12(2)13(11)14-9-4-5-10-15-3/h6-8,14H,9-10H2,1-3H3. The normalized spacial score (nSPS) is 9.27. The zero-order valence-electron chi connectivity index (χ0n) is 9.55. The Balaban J connectivity index is 2.55. The Kier molecular flexibility index (Phi) is 4.73. The second-order valence-electron chi connectivity index (χ2n) is 3.41. The van der Waals surface area contributed by atoms with Crippen LogP contribution in [0.3, 0.4) is 0 Å². The van der Waals surface area contributed by atoms with Gasteiger partial charge in [-0.05, 0) is 25.0 Å². The molecule has 0 aliphatic rings. The largest absolute Gasteiger partial charge is 0.374 e. The number of anilines is 1. The van der Waals surface area contributed by atoms with E-state index in [9.17, 15) is 0 Å². The maximum absolute atomic E-state index is 4.84. The first-order valence-electron chi connectivity index (χ1n) is 5.00. The quantitative estimate of drug-likeness (QED) is 0.761. The van der Waals surface area contributed by atoms with Gasteiger partial charge in [-0.1, -0.05) is 30.0 Å². The van der Waals surface area contributed by atoms with Gasteiger partial charge in [-0.3, -0.25) is 0 Å². The van der Waals surface area contributed by atoms with Crippen molar-refractivity contribution in [2.75, 3.05) is 25.6 Å². The van der Waals surface area contributed by atoms with E-state index >= 15 is 0 Å². The molecule has 0 fully saturated rings. The van der Waals surface area contributed by atoms with Gasteiger partial charge in [0.15, 0.2) is 0 Å². The second-order valence-corrected chi connectivity index (χ2v) is 3.41. The van der Waals surface area contributed by atoms with Crippen molar-refractivity contribution in [2.45, 2.75) is 13.8 Å². The average Bonchev–Trinajstić information content (AvgIpc) is 2.21. The van der Waals surface area contributed by atoms with Gasteiger partial charge in [0.2, 0.25) is 0 Å². The van der Waals surface area contributed by atoms with Gasteiger partial charge in [-0.2, -0.15) is 0 Å². The van der Waals surface area contributed by atoms with Crippen LogP contribution in [-0.4, -0.2) is 20.3 Å². The van der Waals surface area contributed by atoms with E-state index in [0.29, 0.717) is 13.2 Å². The van der Waals surface area contributed by atoms with Crippen LogP contribution in [-0.2, 0) is 4.74 Å². The number of hydrogen-bond donors (Lipinski definition) is 1. The van der Waals surface area contributed by atoms with Crippen LogP contribution in [0.4, 0.5) is 5.69 Å². The number of benzene rings is 1. The minimum absolute atomic E-state index is 0.494. The minimum Gasteiger partial charge on any atom is -0.374 e. The van der Waals surface area contributed by atoms with Gasteiger partial charge in [0.1, 0.15) is 6.61 Å². The summed E-state index contributed by atoms with van der Waals surface area (Å²) in [6, 6.07) is 6.25. The van der Waals surface area contributed by atoms with Gasteiger partial charge >= 0.3 is 0 Å². The summed E-state index contributed by atoms with van der Waals surface area (Å²) in [6.07, 6.45) is 0. The van der Waals surface area contributed by atoms with Gasteiger partial charge in [-0.15, -0.1) is 0 Å². The third-order valence-corrected chi connectivity index (χ3v) is 2.18. The van der Waals surface area contributed by atoms with Crippen LogP contribution in [0.15, 0.2) is 18.2 Å². The summed E-state index contributed by atoms with van der Waals surface area (Å²) in [4.78, 5) is 0. The van der Waals surface area contributed by atoms with Gasteiger partial charge in [0.25, 0.3) is 0 Å². The number of para-hydroxylation sites is 1. The van der Waals surface area contributed by atoms with E-state index in [4.69, 9.17) is 4.74 Å². The Bertz CT molecular complexity index is 354. The maximum atomic E-state index is 4.84. The van der Waals surface area contributed by atoms with Crippen LogP contribution in [0.2, 0.25) is 0 Å². The fourth-order valence-electron chi connectivity index (χ4n) is 1.41. The molecule has 0 aliphatic carbocycles. The van der Waals surface area contributed by atoms with Gasteiger partial charge in [-0.25, -0.2) is 0 Å². The SMILES string of the molecule is COCC#CCNc1c(C)cccc1C. The van der Waals surface area contributed by atoms with Crippen molar-refractivity contribution >= 4 is 5.69 Å². The lowest BCUT2D eigenvalue weighted by atomic mass is 10.1. The Hall–Kier alpha value is -1.46. The Morgan fingerprint density at radius 2 is 1.87 bits per heavy atom. The van der Waals surface area contributed by atoms with Crippen molar-refractivity contribution < 1.29 is 4.74 Å². The van der Waals surface area contributed by atoms with Crippen LogP contribution in [0, 0.1) is 25.7 Å². The van der Waals surface area contributed by atoms with Crippen molar-refractivity contribution in [2.24, 2.45) is 0 Å². The van der Waals surface area contributed by atoms with E-state index in [1.54, 1.807) is 7.11 Å². The van der Waals surface area contributed by atoms with Gasteiger partial charge in [0.05, 0.1) is 6.54 Å². The number of methoxy groups -OCH3 is 1. The first kappa shape index (κ1) is 11.6. The fraction of sp³-hybridized carbons (Fsp3) is 0.385. The molecule has 15 heavy (non-hydrogen) atoms. The second kappa shape index (κ2) is 6.10. The zero-order valence-corrected chi connectivity index (χ0v) is 9.55. The smallest absolute Gasteiger partial charge is 0.107 e. The molecule has 1 rings (SSSR count). The van der Waals surface area contributed by atoms with Crippen LogP contribution in [0.5, 0.6) is 0 Å². The summed E-state index contributed by atoms with van der Waals surface area (Å²) in [5.74, 6) is 5.91. The van der Waals surface area contributed by atoms with Crippen molar-refractivity contribution in [3.8, 4) is 11.8 Å². The van der Waals surface area contributed by atoms with Gasteiger partial charge in [0, 0.05) is 12.8 Å². The van der Waals surface area contributed by atoms with E-state index in [1.807, 2.05) is 0 Å². The van der Waals surface area contributed by atoms with Crippen molar-refractivity contribution in [1.82, 2.24) is 0 Å². The number of hydrogen-bond acceptors (Lipinski definition) is 2. The highest BCUT2D eigenvalue weighted by atomic mass is 16.5. The first-order valence-corrected chi connectivity index (χ1v) is 5.00. The molecule has 2 nitrogen and oxygen atoms in total. The molecule has 1 aromatic rings.